The number of benzene rings is 3. The molecule has 0 radical (unpaired) electrons. The Kier molecular flexibility index (Phi) is 6.65. The van der Waals surface area contributed by atoms with E-state index in [4.69, 9.17) is 0 Å². The van der Waals surface area contributed by atoms with Crippen molar-refractivity contribution in [3.05, 3.63) is 71.8 Å². The van der Waals surface area contributed by atoms with E-state index in [1.165, 1.54) is 54.6 Å². The summed E-state index contributed by atoms with van der Waals surface area (Å²) in [6, 6.07) is 22.5. The SMILES string of the molecule is CCCCc1cccc(Pc2cccc3ccccc23)c1CCCC. The fraction of sp³-hybridized carbons (Fsp3) is 0.333. The van der Waals surface area contributed by atoms with Gasteiger partial charge in [0.2, 0.25) is 0 Å². The average Bonchev–Trinajstić information content (AvgIpc) is 2.66. The standard InChI is InChI=1S/C24H29P/c1-3-5-11-19-13-9-17-23(21(19)15-6-4-2)25-24-18-10-14-20-12-7-8-16-22(20)24/h7-10,12-14,16-18,25H,3-6,11,15H2,1-2H3. The molecule has 0 saturated heterocycles. The lowest BCUT2D eigenvalue weighted by Gasteiger charge is -2.16. The predicted octanol–water partition coefficient (Wildman–Crippen LogP) is 6.15. The molecule has 0 bridgehead atoms. The molecule has 0 spiro atoms. The van der Waals surface area contributed by atoms with Gasteiger partial charge in [0.1, 0.15) is 0 Å². The van der Waals surface area contributed by atoms with Crippen molar-refractivity contribution in [2.75, 3.05) is 0 Å². The number of hydrogen-bond acceptors (Lipinski definition) is 0. The van der Waals surface area contributed by atoms with Crippen LogP contribution < -0.4 is 10.6 Å². The van der Waals surface area contributed by atoms with Gasteiger partial charge in [0.05, 0.1) is 0 Å². The van der Waals surface area contributed by atoms with Crippen LogP contribution in [0.4, 0.5) is 0 Å². The highest BCUT2D eigenvalue weighted by atomic mass is 31.1. The van der Waals surface area contributed by atoms with Gasteiger partial charge in [-0.05, 0) is 58.2 Å². The number of unbranched alkanes of at least 4 members (excludes halogenated alkanes) is 2. The van der Waals surface area contributed by atoms with Crippen molar-refractivity contribution >= 4 is 30.0 Å². The molecule has 1 heteroatoms. The molecule has 1 unspecified atom stereocenters. The molecule has 0 nitrogen and oxygen atoms in total. The van der Waals surface area contributed by atoms with Gasteiger partial charge in [-0.15, -0.1) is 0 Å². The highest BCUT2D eigenvalue weighted by Gasteiger charge is 2.10. The van der Waals surface area contributed by atoms with Crippen molar-refractivity contribution in [2.24, 2.45) is 0 Å². The predicted molar refractivity (Wildman–Crippen MR) is 115 cm³/mol. The molecule has 0 fully saturated rings. The van der Waals surface area contributed by atoms with Gasteiger partial charge in [-0.1, -0.05) is 95.9 Å². The Labute approximate surface area is 154 Å². The molecule has 3 rings (SSSR count). The van der Waals surface area contributed by atoms with Gasteiger partial charge < -0.3 is 0 Å². The highest BCUT2D eigenvalue weighted by Crippen LogP contribution is 2.24. The molecule has 0 N–H and O–H groups in total. The summed E-state index contributed by atoms with van der Waals surface area (Å²) in [5, 5.41) is 5.79. The second-order valence-electron chi connectivity index (χ2n) is 6.80. The molecule has 0 aliphatic heterocycles. The molecule has 0 saturated carbocycles. The zero-order chi connectivity index (χ0) is 17.5. The quantitative estimate of drug-likeness (QED) is 0.428. The maximum Gasteiger partial charge on any atom is -0.0106 e. The Hall–Kier alpha value is -1.65. The lowest BCUT2D eigenvalue weighted by atomic mass is 9.98. The first kappa shape index (κ1) is 18.2. The Morgan fingerprint density at radius 3 is 2.20 bits per heavy atom. The first-order valence-corrected chi connectivity index (χ1v) is 10.7. The molecule has 0 amide bonds. The van der Waals surface area contributed by atoms with Crippen molar-refractivity contribution in [2.45, 2.75) is 52.4 Å². The molecule has 0 aromatic heterocycles. The van der Waals surface area contributed by atoms with Crippen LogP contribution in [0.2, 0.25) is 0 Å². The second kappa shape index (κ2) is 9.16. The van der Waals surface area contributed by atoms with E-state index in [1.54, 1.807) is 16.4 Å². The van der Waals surface area contributed by atoms with Gasteiger partial charge in [0.15, 0.2) is 0 Å². The summed E-state index contributed by atoms with van der Waals surface area (Å²) in [5.74, 6) is 0. The lowest BCUT2D eigenvalue weighted by Crippen LogP contribution is -2.13. The minimum absolute atomic E-state index is 0.742. The summed E-state index contributed by atoms with van der Waals surface area (Å²) in [6.07, 6.45) is 7.56. The van der Waals surface area contributed by atoms with Gasteiger partial charge in [-0.2, -0.15) is 0 Å². The number of aryl methyl sites for hydroxylation is 1. The Bertz CT molecular complexity index is 814. The maximum absolute atomic E-state index is 2.36. The van der Waals surface area contributed by atoms with E-state index in [9.17, 15) is 0 Å². The van der Waals surface area contributed by atoms with Gasteiger partial charge in [0.25, 0.3) is 0 Å². The number of fused-ring (bicyclic) bond motifs is 1. The first-order valence-electron chi connectivity index (χ1n) is 9.69. The van der Waals surface area contributed by atoms with Crippen LogP contribution in [0.25, 0.3) is 10.8 Å². The summed E-state index contributed by atoms with van der Waals surface area (Å²) in [7, 11) is 0.742. The van der Waals surface area contributed by atoms with Gasteiger partial charge in [-0.3, -0.25) is 0 Å². The molecule has 1 atom stereocenters. The van der Waals surface area contributed by atoms with E-state index in [-0.39, 0.29) is 0 Å². The summed E-state index contributed by atoms with van der Waals surface area (Å²) < 4.78 is 0. The monoisotopic (exact) mass is 348 g/mol. The highest BCUT2D eigenvalue weighted by molar-refractivity contribution is 7.56. The van der Waals surface area contributed by atoms with Crippen molar-refractivity contribution in [3.8, 4) is 0 Å². The second-order valence-corrected chi connectivity index (χ2v) is 8.13. The van der Waals surface area contributed by atoms with Gasteiger partial charge in [0, 0.05) is 0 Å². The van der Waals surface area contributed by atoms with Crippen LogP contribution >= 0.6 is 8.58 Å². The van der Waals surface area contributed by atoms with E-state index in [0.717, 1.165) is 8.58 Å². The summed E-state index contributed by atoms with van der Waals surface area (Å²) in [5.41, 5.74) is 3.21. The Morgan fingerprint density at radius 1 is 0.680 bits per heavy atom. The molecule has 0 heterocycles. The normalized spacial score (nSPS) is 11.6. The van der Waals surface area contributed by atoms with Crippen LogP contribution in [0.5, 0.6) is 0 Å². The molecule has 130 valence electrons. The van der Waals surface area contributed by atoms with Crippen molar-refractivity contribution in [1.29, 1.82) is 0 Å². The minimum Gasteiger partial charge on any atom is -0.0654 e. The van der Waals surface area contributed by atoms with Crippen molar-refractivity contribution < 1.29 is 0 Å². The van der Waals surface area contributed by atoms with Gasteiger partial charge >= 0.3 is 0 Å². The summed E-state index contributed by atoms with van der Waals surface area (Å²) in [4.78, 5) is 0. The van der Waals surface area contributed by atoms with E-state index in [1.807, 2.05) is 0 Å². The average molecular weight is 348 g/mol. The van der Waals surface area contributed by atoms with Crippen LogP contribution in [0.3, 0.4) is 0 Å². The van der Waals surface area contributed by atoms with E-state index >= 15 is 0 Å². The molecule has 3 aromatic rings. The fourth-order valence-corrected chi connectivity index (χ4v) is 4.93. The molecule has 3 aromatic carbocycles. The van der Waals surface area contributed by atoms with Crippen LogP contribution in [0, 0.1) is 0 Å². The molecule has 25 heavy (non-hydrogen) atoms. The topological polar surface area (TPSA) is 0 Å². The van der Waals surface area contributed by atoms with Crippen LogP contribution in [-0.2, 0) is 12.8 Å². The largest absolute Gasteiger partial charge is 0.0654 e. The number of hydrogen-bond donors (Lipinski definition) is 0. The fourth-order valence-electron chi connectivity index (χ4n) is 3.48. The molecule has 0 aliphatic rings. The Morgan fingerprint density at radius 2 is 1.36 bits per heavy atom. The zero-order valence-corrected chi connectivity index (χ0v) is 16.5. The third-order valence-corrected chi connectivity index (χ3v) is 6.36. The first-order chi connectivity index (χ1) is 12.3. The molecular weight excluding hydrogens is 319 g/mol. The van der Waals surface area contributed by atoms with E-state index < -0.39 is 0 Å². The summed E-state index contributed by atoms with van der Waals surface area (Å²) in [6.45, 7) is 4.58. The summed E-state index contributed by atoms with van der Waals surface area (Å²) >= 11 is 0. The third-order valence-electron chi connectivity index (χ3n) is 4.91. The van der Waals surface area contributed by atoms with Crippen LogP contribution in [0.15, 0.2) is 60.7 Å². The zero-order valence-electron chi connectivity index (χ0n) is 15.5. The number of rotatable bonds is 8. The maximum atomic E-state index is 2.36. The van der Waals surface area contributed by atoms with E-state index in [0.29, 0.717) is 0 Å². The van der Waals surface area contributed by atoms with Crippen LogP contribution in [-0.4, -0.2) is 0 Å². The van der Waals surface area contributed by atoms with Gasteiger partial charge in [-0.25, -0.2) is 0 Å². The molecular formula is C24H29P. The molecule has 0 aliphatic carbocycles. The van der Waals surface area contributed by atoms with Crippen LogP contribution in [0.1, 0.15) is 50.7 Å². The van der Waals surface area contributed by atoms with E-state index in [2.05, 4.69) is 74.5 Å². The Balaban J connectivity index is 1.97. The van der Waals surface area contributed by atoms with Crippen molar-refractivity contribution in [1.82, 2.24) is 0 Å². The smallest absolute Gasteiger partial charge is 0.0106 e. The third kappa shape index (κ3) is 4.50. The lowest BCUT2D eigenvalue weighted by molar-refractivity contribution is 0.761. The van der Waals surface area contributed by atoms with Crippen molar-refractivity contribution in [3.63, 3.8) is 0 Å². The minimum atomic E-state index is 0.742.